The number of hydrogen-bond acceptors (Lipinski definition) is 2. The molecule has 3 heteroatoms. The number of primary amides is 1. The van der Waals surface area contributed by atoms with Crippen LogP contribution in [0, 0.1) is 0 Å². The first kappa shape index (κ1) is 13.7. The summed E-state index contributed by atoms with van der Waals surface area (Å²) in [5, 5.41) is 0. The summed E-state index contributed by atoms with van der Waals surface area (Å²) < 4.78 is 0. The van der Waals surface area contributed by atoms with Crippen LogP contribution in [0.2, 0.25) is 0 Å². The van der Waals surface area contributed by atoms with Crippen LogP contribution in [0.25, 0.3) is 0 Å². The molecule has 0 unspecified atom stereocenters. The molecule has 0 aliphatic carbocycles. The molecule has 94 valence electrons. The molecule has 0 radical (unpaired) electrons. The number of unbranched alkanes of at least 4 members (excludes halogenated alkanes) is 5. The van der Waals surface area contributed by atoms with Gasteiger partial charge in [-0.1, -0.05) is 31.7 Å². The lowest BCUT2D eigenvalue weighted by atomic mass is 10.1. The Bertz CT molecular complexity index is 311. The zero-order valence-electron chi connectivity index (χ0n) is 10.4. The third-order valence-corrected chi connectivity index (χ3v) is 2.86. The third-order valence-electron chi connectivity index (χ3n) is 2.86. The van der Waals surface area contributed by atoms with Gasteiger partial charge in [0.05, 0.1) is 0 Å². The van der Waals surface area contributed by atoms with E-state index in [9.17, 15) is 4.79 Å². The molecule has 0 aromatic carbocycles. The molecule has 0 atom stereocenters. The average Bonchev–Trinajstić information content (AvgIpc) is 2.33. The summed E-state index contributed by atoms with van der Waals surface area (Å²) in [6.07, 6.45) is 12.4. The number of nitrogens with zero attached hydrogens (tertiary/aromatic N) is 1. The maximum atomic E-state index is 10.5. The van der Waals surface area contributed by atoms with Crippen molar-refractivity contribution in [2.24, 2.45) is 5.73 Å². The zero-order valence-corrected chi connectivity index (χ0v) is 10.4. The predicted molar refractivity (Wildman–Crippen MR) is 69.5 cm³/mol. The van der Waals surface area contributed by atoms with Gasteiger partial charge in [-0.15, -0.1) is 0 Å². The second-order valence-electron chi connectivity index (χ2n) is 4.45. The molecule has 1 rings (SSSR count). The Kier molecular flexibility index (Phi) is 7.03. The molecule has 0 saturated heterocycles. The van der Waals surface area contributed by atoms with Gasteiger partial charge in [0.25, 0.3) is 0 Å². The van der Waals surface area contributed by atoms with Crippen LogP contribution in [-0.2, 0) is 11.2 Å². The molecular weight excluding hydrogens is 212 g/mol. The van der Waals surface area contributed by atoms with Gasteiger partial charge >= 0.3 is 0 Å². The quantitative estimate of drug-likeness (QED) is 0.668. The Morgan fingerprint density at radius 3 is 2.47 bits per heavy atom. The monoisotopic (exact) mass is 234 g/mol. The van der Waals surface area contributed by atoms with Crippen molar-refractivity contribution >= 4 is 5.91 Å². The Labute approximate surface area is 103 Å². The molecular formula is C14H22N2O. The van der Waals surface area contributed by atoms with Crippen molar-refractivity contribution in [3.8, 4) is 0 Å². The highest BCUT2D eigenvalue weighted by Crippen LogP contribution is 2.09. The molecule has 0 aliphatic heterocycles. The maximum Gasteiger partial charge on any atom is 0.217 e. The zero-order chi connectivity index (χ0) is 12.3. The smallest absolute Gasteiger partial charge is 0.217 e. The van der Waals surface area contributed by atoms with E-state index < -0.39 is 0 Å². The second-order valence-corrected chi connectivity index (χ2v) is 4.45. The summed E-state index contributed by atoms with van der Waals surface area (Å²) >= 11 is 0. The standard InChI is InChI=1S/C14H22N2O/c15-14(17)10-6-4-2-1-3-5-8-13-9-7-11-16-12-13/h7,9,11-12H,1-6,8,10H2,(H2,15,17). The van der Waals surface area contributed by atoms with Crippen LogP contribution in [0.4, 0.5) is 0 Å². The van der Waals surface area contributed by atoms with E-state index in [0.717, 1.165) is 19.3 Å². The molecule has 17 heavy (non-hydrogen) atoms. The van der Waals surface area contributed by atoms with Crippen LogP contribution >= 0.6 is 0 Å². The van der Waals surface area contributed by atoms with E-state index >= 15 is 0 Å². The molecule has 2 N–H and O–H groups in total. The van der Waals surface area contributed by atoms with E-state index in [1.165, 1.54) is 31.2 Å². The molecule has 3 nitrogen and oxygen atoms in total. The lowest BCUT2D eigenvalue weighted by Crippen LogP contribution is -2.09. The first-order valence-corrected chi connectivity index (χ1v) is 6.46. The Balaban J connectivity index is 1.90. The van der Waals surface area contributed by atoms with Gasteiger partial charge in [-0.3, -0.25) is 9.78 Å². The SMILES string of the molecule is NC(=O)CCCCCCCCc1cccnc1. The Morgan fingerprint density at radius 1 is 1.12 bits per heavy atom. The van der Waals surface area contributed by atoms with E-state index in [0.29, 0.717) is 6.42 Å². The van der Waals surface area contributed by atoms with Crippen LogP contribution in [-0.4, -0.2) is 10.9 Å². The van der Waals surface area contributed by atoms with Gasteiger partial charge in [-0.2, -0.15) is 0 Å². The van der Waals surface area contributed by atoms with E-state index in [4.69, 9.17) is 5.73 Å². The van der Waals surface area contributed by atoms with Crippen molar-refractivity contribution in [1.82, 2.24) is 4.98 Å². The fourth-order valence-corrected chi connectivity index (χ4v) is 1.88. The normalized spacial score (nSPS) is 10.4. The Hall–Kier alpha value is -1.38. The molecule has 0 saturated carbocycles. The number of aryl methyl sites for hydroxylation is 1. The molecule has 0 bridgehead atoms. The minimum absolute atomic E-state index is 0.179. The van der Waals surface area contributed by atoms with Crippen LogP contribution in [0.15, 0.2) is 24.5 Å². The van der Waals surface area contributed by atoms with E-state index in [1.54, 1.807) is 0 Å². The molecule has 0 aliphatic rings. The fourth-order valence-electron chi connectivity index (χ4n) is 1.88. The predicted octanol–water partition coefficient (Wildman–Crippen LogP) is 2.84. The third kappa shape index (κ3) is 7.50. The van der Waals surface area contributed by atoms with Crippen molar-refractivity contribution in [2.45, 2.75) is 51.4 Å². The van der Waals surface area contributed by atoms with Gasteiger partial charge in [-0.05, 0) is 30.9 Å². The lowest BCUT2D eigenvalue weighted by Gasteiger charge is -2.01. The van der Waals surface area contributed by atoms with E-state index in [-0.39, 0.29) is 5.91 Å². The van der Waals surface area contributed by atoms with Gasteiger partial charge < -0.3 is 5.73 Å². The van der Waals surface area contributed by atoms with Crippen LogP contribution < -0.4 is 5.73 Å². The van der Waals surface area contributed by atoms with Gasteiger partial charge in [-0.25, -0.2) is 0 Å². The first-order valence-electron chi connectivity index (χ1n) is 6.46. The summed E-state index contributed by atoms with van der Waals surface area (Å²) in [5.74, 6) is -0.179. The molecule has 1 aromatic rings. The average molecular weight is 234 g/mol. The second kappa shape index (κ2) is 8.74. The van der Waals surface area contributed by atoms with Crippen LogP contribution in [0.3, 0.4) is 0 Å². The van der Waals surface area contributed by atoms with Crippen LogP contribution in [0.1, 0.15) is 50.5 Å². The van der Waals surface area contributed by atoms with Gasteiger partial charge in [0.15, 0.2) is 0 Å². The van der Waals surface area contributed by atoms with Gasteiger partial charge in [0.2, 0.25) is 5.91 Å². The summed E-state index contributed by atoms with van der Waals surface area (Å²) in [5.41, 5.74) is 6.40. The fraction of sp³-hybridized carbons (Fsp3) is 0.571. The van der Waals surface area contributed by atoms with Crippen molar-refractivity contribution < 1.29 is 4.79 Å². The highest BCUT2D eigenvalue weighted by atomic mass is 16.1. The largest absolute Gasteiger partial charge is 0.370 e. The number of amides is 1. The van der Waals surface area contributed by atoms with E-state index in [1.807, 2.05) is 18.5 Å². The number of carbonyl (C=O) groups is 1. The highest BCUT2D eigenvalue weighted by molar-refractivity contribution is 5.73. The first-order chi connectivity index (χ1) is 8.29. The number of carbonyl (C=O) groups excluding carboxylic acids is 1. The van der Waals surface area contributed by atoms with Crippen LogP contribution in [0.5, 0.6) is 0 Å². The molecule has 0 fully saturated rings. The maximum absolute atomic E-state index is 10.5. The number of aromatic nitrogens is 1. The summed E-state index contributed by atoms with van der Waals surface area (Å²) in [7, 11) is 0. The van der Waals surface area contributed by atoms with Crippen molar-refractivity contribution in [3.63, 3.8) is 0 Å². The van der Waals surface area contributed by atoms with Gasteiger partial charge in [0.1, 0.15) is 0 Å². The van der Waals surface area contributed by atoms with E-state index in [2.05, 4.69) is 11.1 Å². The van der Waals surface area contributed by atoms with Crippen molar-refractivity contribution in [2.75, 3.05) is 0 Å². The van der Waals surface area contributed by atoms with Crippen molar-refractivity contribution in [3.05, 3.63) is 30.1 Å². The summed E-state index contributed by atoms with van der Waals surface area (Å²) in [4.78, 5) is 14.6. The number of nitrogens with two attached hydrogens (primary N) is 1. The highest BCUT2D eigenvalue weighted by Gasteiger charge is 1.96. The molecule has 1 heterocycles. The molecule has 1 amide bonds. The minimum Gasteiger partial charge on any atom is -0.370 e. The topological polar surface area (TPSA) is 56.0 Å². The minimum atomic E-state index is -0.179. The molecule has 0 spiro atoms. The summed E-state index contributed by atoms with van der Waals surface area (Å²) in [6, 6.07) is 4.11. The number of rotatable bonds is 9. The Morgan fingerprint density at radius 2 is 1.82 bits per heavy atom. The lowest BCUT2D eigenvalue weighted by molar-refractivity contribution is -0.118. The van der Waals surface area contributed by atoms with Crippen molar-refractivity contribution in [1.29, 1.82) is 0 Å². The van der Waals surface area contributed by atoms with Gasteiger partial charge in [0, 0.05) is 18.8 Å². The number of hydrogen-bond donors (Lipinski definition) is 1. The summed E-state index contributed by atoms with van der Waals surface area (Å²) in [6.45, 7) is 0. The number of pyridine rings is 1. The molecule has 1 aromatic heterocycles.